The average molecular weight is 335 g/mol. The molecule has 1 amide bonds. The van der Waals surface area contributed by atoms with Gasteiger partial charge in [0.25, 0.3) is 5.91 Å². The molecule has 0 fully saturated rings. The number of pyridine rings is 1. The first-order chi connectivity index (χ1) is 9.69. The molecule has 1 N–H and O–H groups in total. The van der Waals surface area contributed by atoms with Crippen LogP contribution in [0.2, 0.25) is 0 Å². The zero-order valence-corrected chi connectivity index (χ0v) is 12.0. The van der Waals surface area contributed by atoms with E-state index in [1.165, 1.54) is 12.3 Å². The molecule has 0 saturated carbocycles. The monoisotopic (exact) mass is 334 g/mol. The molecule has 102 valence electrons. The van der Waals surface area contributed by atoms with Crippen molar-refractivity contribution < 1.29 is 14.3 Å². The molecular weight excluding hydrogens is 324 g/mol. The van der Waals surface area contributed by atoms with Gasteiger partial charge in [-0.25, -0.2) is 4.98 Å². The first kappa shape index (κ1) is 14.2. The molecule has 2 rings (SSSR count). The summed E-state index contributed by atoms with van der Waals surface area (Å²) in [4.78, 5) is 26.0. The van der Waals surface area contributed by atoms with E-state index in [9.17, 15) is 9.59 Å². The van der Waals surface area contributed by atoms with Gasteiger partial charge in [0.05, 0.1) is 11.9 Å². The van der Waals surface area contributed by atoms with Crippen LogP contribution in [-0.2, 0) is 4.79 Å². The number of para-hydroxylation sites is 1. The number of hydrogen-bond donors (Lipinski definition) is 1. The summed E-state index contributed by atoms with van der Waals surface area (Å²) < 4.78 is 6.07. The molecule has 0 atom stereocenters. The highest BCUT2D eigenvalue weighted by Crippen LogP contribution is 2.21. The molecule has 0 saturated heterocycles. The standard InChI is InChI=1S/C14H11BrN2O3/c15-12-3-1-2-4-13(12)17-14(19)9-20-11-6-5-10(8-18)16-7-11/h1-8H,9H2,(H,17,19). The minimum atomic E-state index is -0.281. The molecule has 0 aliphatic rings. The van der Waals surface area contributed by atoms with E-state index in [4.69, 9.17) is 4.74 Å². The van der Waals surface area contributed by atoms with Crippen LogP contribution >= 0.6 is 15.9 Å². The van der Waals surface area contributed by atoms with Crippen molar-refractivity contribution in [2.45, 2.75) is 0 Å². The van der Waals surface area contributed by atoms with Gasteiger partial charge in [0.1, 0.15) is 11.4 Å². The van der Waals surface area contributed by atoms with Crippen molar-refractivity contribution in [3.8, 4) is 5.75 Å². The fourth-order valence-electron chi connectivity index (χ4n) is 1.44. The summed E-state index contributed by atoms with van der Waals surface area (Å²) in [5.41, 5.74) is 0.991. The number of ether oxygens (including phenoxy) is 1. The third-order valence-electron chi connectivity index (χ3n) is 2.40. The molecule has 0 spiro atoms. The lowest BCUT2D eigenvalue weighted by molar-refractivity contribution is -0.118. The van der Waals surface area contributed by atoms with Gasteiger partial charge in [0.15, 0.2) is 12.9 Å². The molecule has 0 aliphatic heterocycles. The molecule has 0 unspecified atom stereocenters. The second-order valence-corrected chi connectivity index (χ2v) is 4.71. The van der Waals surface area contributed by atoms with Crippen molar-refractivity contribution in [1.29, 1.82) is 0 Å². The van der Waals surface area contributed by atoms with Gasteiger partial charge in [0.2, 0.25) is 0 Å². The lowest BCUT2D eigenvalue weighted by Crippen LogP contribution is -2.20. The summed E-state index contributed by atoms with van der Waals surface area (Å²) >= 11 is 3.34. The van der Waals surface area contributed by atoms with Gasteiger partial charge in [-0.05, 0) is 40.2 Å². The van der Waals surface area contributed by atoms with Gasteiger partial charge < -0.3 is 10.1 Å². The maximum absolute atomic E-state index is 11.7. The van der Waals surface area contributed by atoms with Crippen LogP contribution in [0.25, 0.3) is 0 Å². The number of nitrogens with one attached hydrogen (secondary N) is 1. The molecule has 5 nitrogen and oxygen atoms in total. The summed E-state index contributed by atoms with van der Waals surface area (Å²) in [6.07, 6.45) is 2.04. The topological polar surface area (TPSA) is 68.3 Å². The molecule has 6 heteroatoms. The van der Waals surface area contributed by atoms with Crippen molar-refractivity contribution in [3.05, 3.63) is 52.8 Å². The van der Waals surface area contributed by atoms with Gasteiger partial charge in [-0.2, -0.15) is 0 Å². The number of carbonyl (C=O) groups excluding carboxylic acids is 2. The number of rotatable bonds is 5. The van der Waals surface area contributed by atoms with E-state index in [0.717, 1.165) is 4.47 Å². The number of carbonyl (C=O) groups is 2. The summed E-state index contributed by atoms with van der Waals surface area (Å²) in [7, 11) is 0. The third kappa shape index (κ3) is 3.89. The number of benzene rings is 1. The smallest absolute Gasteiger partial charge is 0.262 e. The van der Waals surface area contributed by atoms with Crippen LogP contribution in [0.1, 0.15) is 10.5 Å². The Morgan fingerprint density at radius 1 is 1.30 bits per heavy atom. The average Bonchev–Trinajstić information content (AvgIpc) is 2.48. The van der Waals surface area contributed by atoms with E-state index in [1.54, 1.807) is 12.1 Å². The summed E-state index contributed by atoms with van der Waals surface area (Å²) in [5.74, 6) is 0.147. The van der Waals surface area contributed by atoms with Crippen molar-refractivity contribution >= 4 is 33.8 Å². The summed E-state index contributed by atoms with van der Waals surface area (Å²) in [6, 6.07) is 10.4. The zero-order chi connectivity index (χ0) is 14.4. The minimum Gasteiger partial charge on any atom is -0.482 e. The minimum absolute atomic E-state index is 0.135. The molecule has 1 aromatic carbocycles. The van der Waals surface area contributed by atoms with Crippen LogP contribution in [0, 0.1) is 0 Å². The van der Waals surface area contributed by atoms with Gasteiger partial charge in [-0.15, -0.1) is 0 Å². The van der Waals surface area contributed by atoms with Gasteiger partial charge >= 0.3 is 0 Å². The zero-order valence-electron chi connectivity index (χ0n) is 10.4. The highest BCUT2D eigenvalue weighted by molar-refractivity contribution is 9.10. The maximum atomic E-state index is 11.7. The van der Waals surface area contributed by atoms with Crippen LogP contribution < -0.4 is 10.1 Å². The summed E-state index contributed by atoms with van der Waals surface area (Å²) in [6.45, 7) is -0.135. The predicted octanol–water partition coefficient (Wildman–Crippen LogP) is 2.67. The third-order valence-corrected chi connectivity index (χ3v) is 3.09. The quantitative estimate of drug-likeness (QED) is 0.853. The van der Waals surface area contributed by atoms with Crippen LogP contribution in [0.15, 0.2) is 47.1 Å². The Morgan fingerprint density at radius 3 is 2.75 bits per heavy atom. The second-order valence-electron chi connectivity index (χ2n) is 3.85. The van der Waals surface area contributed by atoms with Crippen molar-refractivity contribution in [2.75, 3.05) is 11.9 Å². The highest BCUT2D eigenvalue weighted by atomic mass is 79.9. The molecule has 2 aromatic rings. The molecule has 1 heterocycles. The van der Waals surface area contributed by atoms with E-state index < -0.39 is 0 Å². The van der Waals surface area contributed by atoms with Crippen molar-refractivity contribution in [1.82, 2.24) is 4.98 Å². The lowest BCUT2D eigenvalue weighted by atomic mass is 10.3. The Hall–Kier alpha value is -2.21. The fourth-order valence-corrected chi connectivity index (χ4v) is 1.83. The van der Waals surface area contributed by atoms with E-state index in [-0.39, 0.29) is 12.5 Å². The molecule has 0 aliphatic carbocycles. The first-order valence-corrected chi connectivity index (χ1v) is 6.57. The van der Waals surface area contributed by atoms with Crippen LogP contribution in [0.3, 0.4) is 0 Å². The van der Waals surface area contributed by atoms with Gasteiger partial charge in [0, 0.05) is 4.47 Å². The normalized spacial score (nSPS) is 9.85. The van der Waals surface area contributed by atoms with E-state index in [0.29, 0.717) is 23.4 Å². The SMILES string of the molecule is O=Cc1ccc(OCC(=O)Nc2ccccc2Br)cn1. The van der Waals surface area contributed by atoms with E-state index >= 15 is 0 Å². The number of halogens is 1. The molecule has 20 heavy (non-hydrogen) atoms. The van der Waals surface area contributed by atoms with Crippen molar-refractivity contribution in [2.24, 2.45) is 0 Å². The Kier molecular flexibility index (Phi) is 4.84. The van der Waals surface area contributed by atoms with Crippen molar-refractivity contribution in [3.63, 3.8) is 0 Å². The molecule has 0 bridgehead atoms. The van der Waals surface area contributed by atoms with Crippen LogP contribution in [0.4, 0.5) is 5.69 Å². The largest absolute Gasteiger partial charge is 0.482 e. The van der Waals surface area contributed by atoms with Crippen LogP contribution in [0.5, 0.6) is 5.75 Å². The molecule has 1 aromatic heterocycles. The fraction of sp³-hybridized carbons (Fsp3) is 0.0714. The number of aromatic nitrogens is 1. The van der Waals surface area contributed by atoms with E-state index in [1.807, 2.05) is 18.2 Å². The number of nitrogens with zero attached hydrogens (tertiary/aromatic N) is 1. The number of hydrogen-bond acceptors (Lipinski definition) is 4. The number of amides is 1. The maximum Gasteiger partial charge on any atom is 0.262 e. The predicted molar refractivity (Wildman–Crippen MR) is 77.9 cm³/mol. The first-order valence-electron chi connectivity index (χ1n) is 5.77. The lowest BCUT2D eigenvalue weighted by Gasteiger charge is -2.08. The van der Waals surface area contributed by atoms with Gasteiger partial charge in [-0.3, -0.25) is 9.59 Å². The van der Waals surface area contributed by atoms with Crippen LogP contribution in [-0.4, -0.2) is 23.8 Å². The Bertz CT molecular complexity index is 614. The second kappa shape index (κ2) is 6.81. The van der Waals surface area contributed by atoms with Gasteiger partial charge in [-0.1, -0.05) is 12.1 Å². The number of aldehydes is 1. The highest BCUT2D eigenvalue weighted by Gasteiger charge is 2.06. The molecular formula is C14H11BrN2O3. The number of anilines is 1. The van der Waals surface area contributed by atoms with E-state index in [2.05, 4.69) is 26.2 Å². The molecule has 0 radical (unpaired) electrons. The Labute approximate surface area is 124 Å². The summed E-state index contributed by atoms with van der Waals surface area (Å²) in [5, 5.41) is 2.72. The Balaban J connectivity index is 1.88. The Morgan fingerprint density at radius 2 is 2.10 bits per heavy atom.